The van der Waals surface area contributed by atoms with Crippen LogP contribution in [0.3, 0.4) is 0 Å². The molecule has 0 saturated carbocycles. The molecule has 1 aromatic rings. The van der Waals surface area contributed by atoms with Gasteiger partial charge in [0.05, 0.1) is 0 Å². The summed E-state index contributed by atoms with van der Waals surface area (Å²) in [5, 5.41) is 0. The van der Waals surface area contributed by atoms with Crippen molar-refractivity contribution >= 4 is 5.57 Å². The molecule has 1 aliphatic rings. The van der Waals surface area contributed by atoms with Crippen LogP contribution in [0, 0.1) is 18.3 Å². The second-order valence-electron chi connectivity index (χ2n) is 10.4. The lowest BCUT2D eigenvalue weighted by Crippen LogP contribution is -2.50. The molecule has 1 aromatic carbocycles. The number of rotatable bonds is 10. The first kappa shape index (κ1) is 38.4. The van der Waals surface area contributed by atoms with Gasteiger partial charge in [0, 0.05) is 37.1 Å². The summed E-state index contributed by atoms with van der Waals surface area (Å²) < 4.78 is 0. The Hall–Kier alpha value is -2.74. The minimum absolute atomic E-state index is 0.324. The molecule has 1 aliphatic heterocycles. The highest BCUT2D eigenvalue weighted by molar-refractivity contribution is 5.76. The van der Waals surface area contributed by atoms with Crippen LogP contribution >= 0.6 is 0 Å². The molecule has 2 atom stereocenters. The molecular formula is C37H62N2. The molecule has 2 rings (SSSR count). The lowest BCUT2D eigenvalue weighted by atomic mass is 9.77. The third-order valence-corrected chi connectivity index (χ3v) is 7.81. The van der Waals surface area contributed by atoms with Crippen molar-refractivity contribution in [2.75, 3.05) is 19.6 Å². The maximum atomic E-state index is 4.32. The molecule has 0 radical (unpaired) electrons. The van der Waals surface area contributed by atoms with Crippen molar-refractivity contribution in [1.29, 1.82) is 0 Å². The summed E-state index contributed by atoms with van der Waals surface area (Å²) in [6.45, 7) is 47.0. The zero-order valence-electron chi connectivity index (χ0n) is 27.7. The van der Waals surface area contributed by atoms with Crippen molar-refractivity contribution in [2.24, 2.45) is 11.3 Å². The first-order valence-corrected chi connectivity index (χ1v) is 15.0. The van der Waals surface area contributed by atoms with Gasteiger partial charge in [0.1, 0.15) is 0 Å². The van der Waals surface area contributed by atoms with Gasteiger partial charge in [-0.15, -0.1) is 0 Å². The van der Waals surface area contributed by atoms with Gasteiger partial charge < -0.3 is 9.80 Å². The van der Waals surface area contributed by atoms with Crippen LogP contribution in [0.25, 0.3) is 5.57 Å². The molecule has 0 bridgehead atoms. The third kappa shape index (κ3) is 12.3. The fourth-order valence-corrected chi connectivity index (χ4v) is 4.19. The molecule has 1 fully saturated rings. The largest absolute Gasteiger partial charge is 0.368 e. The van der Waals surface area contributed by atoms with E-state index in [2.05, 4.69) is 115 Å². The van der Waals surface area contributed by atoms with Crippen LogP contribution in [0.15, 0.2) is 92.4 Å². The monoisotopic (exact) mass is 534 g/mol. The van der Waals surface area contributed by atoms with Crippen molar-refractivity contribution in [3.8, 4) is 0 Å². The number of nitrogens with zero attached hydrogens (tertiary/aromatic N) is 2. The van der Waals surface area contributed by atoms with Crippen molar-refractivity contribution in [2.45, 2.75) is 95.0 Å². The highest BCUT2D eigenvalue weighted by Gasteiger charge is 2.27. The molecule has 39 heavy (non-hydrogen) atoms. The maximum Gasteiger partial charge on any atom is 0.0437 e. The fraction of sp³-hybridized carbons (Fsp3) is 0.514. The molecule has 2 unspecified atom stereocenters. The molecule has 0 spiro atoms. The van der Waals surface area contributed by atoms with Gasteiger partial charge in [-0.05, 0) is 41.9 Å². The van der Waals surface area contributed by atoms with Gasteiger partial charge in [-0.25, -0.2) is 0 Å². The normalized spacial score (nSPS) is 15.7. The zero-order chi connectivity index (χ0) is 30.8. The Labute approximate surface area is 244 Å². The van der Waals surface area contributed by atoms with E-state index in [9.17, 15) is 0 Å². The van der Waals surface area contributed by atoms with Crippen molar-refractivity contribution in [3.63, 3.8) is 0 Å². The molecular weight excluding hydrogens is 472 g/mol. The lowest BCUT2D eigenvalue weighted by Gasteiger charge is -2.44. The Kier molecular flexibility index (Phi) is 19.9. The predicted octanol–water partition coefficient (Wildman–Crippen LogP) is 10.9. The van der Waals surface area contributed by atoms with Crippen LogP contribution in [-0.4, -0.2) is 35.5 Å². The van der Waals surface area contributed by atoms with Crippen molar-refractivity contribution < 1.29 is 0 Å². The van der Waals surface area contributed by atoms with E-state index in [1.54, 1.807) is 6.08 Å². The Balaban J connectivity index is 0. The molecule has 220 valence electrons. The van der Waals surface area contributed by atoms with E-state index < -0.39 is 0 Å². The summed E-state index contributed by atoms with van der Waals surface area (Å²) in [4.78, 5) is 4.65. The quantitative estimate of drug-likeness (QED) is 0.275. The fourth-order valence-electron chi connectivity index (χ4n) is 4.19. The van der Waals surface area contributed by atoms with Crippen molar-refractivity contribution in [1.82, 2.24) is 9.80 Å². The average molecular weight is 535 g/mol. The van der Waals surface area contributed by atoms with Gasteiger partial charge >= 0.3 is 0 Å². The lowest BCUT2D eigenvalue weighted by molar-refractivity contribution is 0.144. The molecule has 2 heteroatoms. The van der Waals surface area contributed by atoms with Gasteiger partial charge in [0.25, 0.3) is 0 Å². The van der Waals surface area contributed by atoms with Crippen LogP contribution in [-0.2, 0) is 0 Å². The van der Waals surface area contributed by atoms with E-state index in [0.29, 0.717) is 11.5 Å². The van der Waals surface area contributed by atoms with Crippen LogP contribution < -0.4 is 0 Å². The van der Waals surface area contributed by atoms with Crippen LogP contribution in [0.2, 0.25) is 0 Å². The highest BCUT2D eigenvalue weighted by Crippen LogP contribution is 2.32. The summed E-state index contributed by atoms with van der Waals surface area (Å²) in [7, 11) is 0. The van der Waals surface area contributed by atoms with Gasteiger partial charge in [0.2, 0.25) is 0 Å². The second-order valence-corrected chi connectivity index (χ2v) is 10.4. The SMILES string of the molecule is C=C/C=C(\C=C)C(=C)N1CCN(C(=C)C(=C)c2ccc(C)cc2)C(C)C1.CC.CC.CCC(C)C(C)(C)CC. The molecule has 2 nitrogen and oxygen atoms in total. The first-order valence-electron chi connectivity index (χ1n) is 15.0. The summed E-state index contributed by atoms with van der Waals surface area (Å²) in [5.41, 5.74) is 6.92. The first-order chi connectivity index (χ1) is 18.4. The van der Waals surface area contributed by atoms with Crippen molar-refractivity contribution in [3.05, 3.63) is 103 Å². The maximum absolute atomic E-state index is 4.32. The Bertz CT molecular complexity index is 913. The highest BCUT2D eigenvalue weighted by atomic mass is 15.3. The zero-order valence-corrected chi connectivity index (χ0v) is 27.7. The van der Waals surface area contributed by atoms with Gasteiger partial charge in [-0.2, -0.15) is 0 Å². The number of benzene rings is 1. The molecule has 0 N–H and O–H groups in total. The van der Waals surface area contributed by atoms with E-state index in [1.165, 1.54) is 18.4 Å². The van der Waals surface area contributed by atoms with Gasteiger partial charge in [-0.1, -0.05) is 156 Å². The molecule has 1 saturated heterocycles. The van der Waals surface area contributed by atoms with E-state index in [4.69, 9.17) is 0 Å². The summed E-state index contributed by atoms with van der Waals surface area (Å²) in [5.74, 6) is 0.863. The Morgan fingerprint density at radius 3 is 1.90 bits per heavy atom. The number of allylic oxidation sites excluding steroid dienone is 4. The molecule has 0 aliphatic carbocycles. The third-order valence-electron chi connectivity index (χ3n) is 7.81. The van der Waals surface area contributed by atoms with E-state index >= 15 is 0 Å². The van der Waals surface area contributed by atoms with Gasteiger partial charge in [0.15, 0.2) is 0 Å². The number of aryl methyl sites for hydroxylation is 1. The van der Waals surface area contributed by atoms with E-state index in [0.717, 1.165) is 53.7 Å². The number of hydrogen-bond donors (Lipinski definition) is 0. The van der Waals surface area contributed by atoms with Gasteiger partial charge in [-0.3, -0.25) is 0 Å². The standard InChI is InChI=1S/C24H30N2.C9H20.2C2H6/c1-8-10-23(9-2)22(7)25-15-16-26(19(4)17-25)21(6)20(5)24-13-11-18(3)12-14-24;1-6-8(3)9(4,5)7-2;2*1-2/h8-14,19H,1-2,5-7,15-17H2,3-4H3;8H,6-7H2,1-5H3;2*1-2H3/b23-10+;;;. The van der Waals surface area contributed by atoms with Crippen LogP contribution in [0.4, 0.5) is 0 Å². The minimum Gasteiger partial charge on any atom is -0.368 e. The second kappa shape index (κ2) is 20.2. The minimum atomic E-state index is 0.324. The smallest absolute Gasteiger partial charge is 0.0437 e. The van der Waals surface area contributed by atoms with E-state index in [1.807, 2.05) is 39.8 Å². The average Bonchev–Trinajstić information content (AvgIpc) is 2.97. The Morgan fingerprint density at radius 1 is 0.974 bits per heavy atom. The topological polar surface area (TPSA) is 6.48 Å². The summed E-state index contributed by atoms with van der Waals surface area (Å²) in [6, 6.07) is 8.78. The van der Waals surface area contributed by atoms with Crippen LogP contribution in [0.5, 0.6) is 0 Å². The van der Waals surface area contributed by atoms with E-state index in [-0.39, 0.29) is 0 Å². The molecule has 0 amide bonds. The number of hydrogen-bond acceptors (Lipinski definition) is 2. The summed E-state index contributed by atoms with van der Waals surface area (Å²) in [6.07, 6.45) is 8.15. The van der Waals surface area contributed by atoms with Crippen LogP contribution in [0.1, 0.15) is 93.2 Å². The predicted molar refractivity (Wildman–Crippen MR) is 181 cm³/mol. The molecule has 1 heterocycles. The molecule has 0 aromatic heterocycles. The number of piperazine rings is 1. The summed E-state index contributed by atoms with van der Waals surface area (Å²) >= 11 is 0. The Morgan fingerprint density at radius 2 is 1.51 bits per heavy atom.